The summed E-state index contributed by atoms with van der Waals surface area (Å²) >= 11 is 0. The van der Waals surface area contributed by atoms with Crippen molar-refractivity contribution >= 4 is 6.29 Å². The SMILES string of the molecule is O=Cc1cncc(-c2ccc3c(c2)OCCCO3)c1. The third-order valence-corrected chi connectivity index (χ3v) is 2.98. The minimum absolute atomic E-state index is 0.560. The highest BCUT2D eigenvalue weighted by Gasteiger charge is 2.11. The van der Waals surface area contributed by atoms with Gasteiger partial charge in [0.15, 0.2) is 17.8 Å². The fourth-order valence-electron chi connectivity index (χ4n) is 2.02. The molecular formula is C15H13NO3. The summed E-state index contributed by atoms with van der Waals surface area (Å²) in [5.41, 5.74) is 2.41. The van der Waals surface area contributed by atoms with Crippen LogP contribution in [-0.4, -0.2) is 24.5 Å². The van der Waals surface area contributed by atoms with E-state index < -0.39 is 0 Å². The first-order valence-electron chi connectivity index (χ1n) is 6.17. The fraction of sp³-hybridized carbons (Fsp3) is 0.200. The third kappa shape index (κ3) is 2.42. The zero-order valence-corrected chi connectivity index (χ0v) is 10.3. The molecule has 4 nitrogen and oxygen atoms in total. The van der Waals surface area contributed by atoms with Gasteiger partial charge >= 0.3 is 0 Å². The highest BCUT2D eigenvalue weighted by molar-refractivity contribution is 5.78. The molecule has 2 aromatic rings. The van der Waals surface area contributed by atoms with Crippen LogP contribution in [0.4, 0.5) is 0 Å². The summed E-state index contributed by atoms with van der Waals surface area (Å²) < 4.78 is 11.2. The number of aldehydes is 1. The van der Waals surface area contributed by atoms with Crippen LogP contribution < -0.4 is 9.47 Å². The van der Waals surface area contributed by atoms with E-state index in [0.29, 0.717) is 18.8 Å². The van der Waals surface area contributed by atoms with Crippen LogP contribution in [-0.2, 0) is 0 Å². The molecule has 3 rings (SSSR count). The zero-order chi connectivity index (χ0) is 13.1. The van der Waals surface area contributed by atoms with Crippen molar-refractivity contribution in [2.45, 2.75) is 6.42 Å². The van der Waals surface area contributed by atoms with Gasteiger partial charge in [-0.05, 0) is 23.8 Å². The lowest BCUT2D eigenvalue weighted by molar-refractivity contribution is 0.112. The Morgan fingerprint density at radius 1 is 1.00 bits per heavy atom. The molecule has 1 aliphatic rings. The van der Waals surface area contributed by atoms with Gasteiger partial charge in [0.2, 0.25) is 0 Å². The predicted molar refractivity (Wildman–Crippen MR) is 70.7 cm³/mol. The van der Waals surface area contributed by atoms with Crippen molar-refractivity contribution in [3.8, 4) is 22.6 Å². The molecule has 0 spiro atoms. The smallest absolute Gasteiger partial charge is 0.161 e. The van der Waals surface area contributed by atoms with Gasteiger partial charge in [0.1, 0.15) is 0 Å². The van der Waals surface area contributed by atoms with Gasteiger partial charge < -0.3 is 9.47 Å². The predicted octanol–water partition coefficient (Wildman–Crippen LogP) is 2.72. The van der Waals surface area contributed by atoms with Gasteiger partial charge in [-0.25, -0.2) is 0 Å². The molecule has 4 heteroatoms. The van der Waals surface area contributed by atoms with Crippen LogP contribution >= 0.6 is 0 Å². The molecule has 1 aliphatic heterocycles. The average Bonchev–Trinajstić information content (AvgIpc) is 2.71. The Hall–Kier alpha value is -2.36. The maximum absolute atomic E-state index is 10.8. The molecule has 0 radical (unpaired) electrons. The van der Waals surface area contributed by atoms with Crippen molar-refractivity contribution in [2.24, 2.45) is 0 Å². The Bertz CT molecular complexity index is 610. The first kappa shape index (κ1) is 11.7. The number of fused-ring (bicyclic) bond motifs is 1. The molecule has 0 bridgehead atoms. The number of benzene rings is 1. The summed E-state index contributed by atoms with van der Waals surface area (Å²) in [6.45, 7) is 1.33. The van der Waals surface area contributed by atoms with Gasteiger partial charge in [0, 0.05) is 29.9 Å². The van der Waals surface area contributed by atoms with Crippen LogP contribution in [0, 0.1) is 0 Å². The highest BCUT2D eigenvalue weighted by atomic mass is 16.5. The summed E-state index contributed by atoms with van der Waals surface area (Å²) in [6.07, 6.45) is 4.94. The summed E-state index contributed by atoms with van der Waals surface area (Å²) in [4.78, 5) is 14.8. The van der Waals surface area contributed by atoms with E-state index in [1.54, 1.807) is 18.5 Å². The van der Waals surface area contributed by atoms with Gasteiger partial charge in [0.05, 0.1) is 13.2 Å². The second-order valence-electron chi connectivity index (χ2n) is 4.34. The summed E-state index contributed by atoms with van der Waals surface area (Å²) in [5, 5.41) is 0. The van der Waals surface area contributed by atoms with E-state index >= 15 is 0 Å². The van der Waals surface area contributed by atoms with E-state index in [-0.39, 0.29) is 0 Å². The molecule has 1 aromatic carbocycles. The van der Waals surface area contributed by atoms with E-state index in [2.05, 4.69) is 4.98 Å². The molecule has 0 saturated heterocycles. The normalized spacial score (nSPS) is 13.7. The number of nitrogens with zero attached hydrogens (tertiary/aromatic N) is 1. The maximum Gasteiger partial charge on any atom is 0.161 e. The number of carbonyl (C=O) groups excluding carboxylic acids is 1. The van der Waals surface area contributed by atoms with Crippen molar-refractivity contribution in [3.63, 3.8) is 0 Å². The topological polar surface area (TPSA) is 48.4 Å². The van der Waals surface area contributed by atoms with E-state index in [0.717, 1.165) is 35.3 Å². The van der Waals surface area contributed by atoms with Gasteiger partial charge in [-0.2, -0.15) is 0 Å². The Balaban J connectivity index is 2.01. The summed E-state index contributed by atoms with van der Waals surface area (Å²) in [6, 6.07) is 7.56. The second-order valence-corrected chi connectivity index (χ2v) is 4.34. The number of aromatic nitrogens is 1. The number of hydrogen-bond acceptors (Lipinski definition) is 4. The van der Waals surface area contributed by atoms with Crippen molar-refractivity contribution < 1.29 is 14.3 Å². The fourth-order valence-corrected chi connectivity index (χ4v) is 2.02. The van der Waals surface area contributed by atoms with Crippen molar-refractivity contribution in [2.75, 3.05) is 13.2 Å². The molecule has 0 N–H and O–H groups in total. The molecule has 0 atom stereocenters. The van der Waals surface area contributed by atoms with E-state index in [4.69, 9.17) is 9.47 Å². The average molecular weight is 255 g/mol. The molecule has 2 heterocycles. The van der Waals surface area contributed by atoms with Crippen LogP contribution in [0.1, 0.15) is 16.8 Å². The largest absolute Gasteiger partial charge is 0.490 e. The van der Waals surface area contributed by atoms with Gasteiger partial charge in [0.25, 0.3) is 0 Å². The number of carbonyl (C=O) groups is 1. The Kier molecular flexibility index (Phi) is 3.14. The first-order valence-corrected chi connectivity index (χ1v) is 6.17. The molecule has 96 valence electrons. The molecule has 0 unspecified atom stereocenters. The standard InChI is InChI=1S/C15H13NO3/c17-10-11-6-13(9-16-8-11)12-2-3-14-15(7-12)19-5-1-4-18-14/h2-3,6-10H,1,4-5H2. The van der Waals surface area contributed by atoms with Crippen molar-refractivity contribution in [3.05, 3.63) is 42.2 Å². The van der Waals surface area contributed by atoms with Crippen LogP contribution in [0.3, 0.4) is 0 Å². The zero-order valence-electron chi connectivity index (χ0n) is 10.3. The van der Waals surface area contributed by atoms with E-state index in [1.165, 1.54) is 0 Å². The summed E-state index contributed by atoms with van der Waals surface area (Å²) in [5.74, 6) is 1.51. The number of rotatable bonds is 2. The first-order chi connectivity index (χ1) is 9.36. The third-order valence-electron chi connectivity index (χ3n) is 2.98. The molecular weight excluding hydrogens is 242 g/mol. The molecule has 1 aromatic heterocycles. The molecule has 19 heavy (non-hydrogen) atoms. The second kappa shape index (κ2) is 5.10. The maximum atomic E-state index is 10.8. The van der Waals surface area contributed by atoms with Gasteiger partial charge in [-0.15, -0.1) is 0 Å². The van der Waals surface area contributed by atoms with Crippen LogP contribution in [0.15, 0.2) is 36.7 Å². The lowest BCUT2D eigenvalue weighted by Gasteiger charge is -2.09. The number of pyridine rings is 1. The summed E-state index contributed by atoms with van der Waals surface area (Å²) in [7, 11) is 0. The Morgan fingerprint density at radius 2 is 1.84 bits per heavy atom. The Labute approximate surface area is 111 Å². The highest BCUT2D eigenvalue weighted by Crippen LogP contribution is 2.34. The molecule has 0 saturated carbocycles. The van der Waals surface area contributed by atoms with Crippen molar-refractivity contribution in [1.29, 1.82) is 0 Å². The van der Waals surface area contributed by atoms with E-state index in [9.17, 15) is 4.79 Å². The van der Waals surface area contributed by atoms with Crippen LogP contribution in [0.5, 0.6) is 11.5 Å². The molecule has 0 fully saturated rings. The van der Waals surface area contributed by atoms with Crippen molar-refractivity contribution in [1.82, 2.24) is 4.98 Å². The molecule has 0 aliphatic carbocycles. The van der Waals surface area contributed by atoms with Gasteiger partial charge in [-0.3, -0.25) is 9.78 Å². The van der Waals surface area contributed by atoms with Crippen LogP contribution in [0.25, 0.3) is 11.1 Å². The lowest BCUT2D eigenvalue weighted by Crippen LogP contribution is -1.97. The minimum atomic E-state index is 0.560. The monoisotopic (exact) mass is 255 g/mol. The van der Waals surface area contributed by atoms with Crippen LogP contribution in [0.2, 0.25) is 0 Å². The number of hydrogen-bond donors (Lipinski definition) is 0. The number of ether oxygens (including phenoxy) is 2. The quantitative estimate of drug-likeness (QED) is 0.774. The minimum Gasteiger partial charge on any atom is -0.490 e. The van der Waals surface area contributed by atoms with E-state index in [1.807, 2.05) is 18.2 Å². The molecule has 0 amide bonds. The Morgan fingerprint density at radius 3 is 2.68 bits per heavy atom. The lowest BCUT2D eigenvalue weighted by atomic mass is 10.1. The van der Waals surface area contributed by atoms with Gasteiger partial charge in [-0.1, -0.05) is 6.07 Å².